The Bertz CT molecular complexity index is 420. The maximum absolute atomic E-state index is 5.26. The molecule has 0 spiro atoms. The summed E-state index contributed by atoms with van der Waals surface area (Å²) >= 11 is 0. The fourth-order valence-electron chi connectivity index (χ4n) is 2.08. The van der Waals surface area contributed by atoms with E-state index in [1.54, 1.807) is 0 Å². The summed E-state index contributed by atoms with van der Waals surface area (Å²) in [6.07, 6.45) is 5.86. The first-order valence-electron chi connectivity index (χ1n) is 8.18. The number of aromatic nitrogens is 1. The van der Waals surface area contributed by atoms with Gasteiger partial charge in [-0.2, -0.15) is 0 Å². The van der Waals surface area contributed by atoms with Crippen LogP contribution >= 0.6 is 24.0 Å². The van der Waals surface area contributed by atoms with E-state index in [0.717, 1.165) is 30.4 Å². The summed E-state index contributed by atoms with van der Waals surface area (Å²) in [6, 6.07) is 2.40. The summed E-state index contributed by atoms with van der Waals surface area (Å²) in [5, 5.41) is 10.7. The minimum Gasteiger partial charge on any atom is -0.359 e. The van der Waals surface area contributed by atoms with Crippen molar-refractivity contribution in [3.05, 3.63) is 17.5 Å². The first-order chi connectivity index (χ1) is 10.2. The van der Waals surface area contributed by atoms with Gasteiger partial charge in [0.05, 0.1) is 5.69 Å². The summed E-state index contributed by atoms with van der Waals surface area (Å²) in [4.78, 5) is 4.56. The molecule has 1 atom stereocenters. The molecular formula is C16H31IN4O. The molecule has 1 unspecified atom stereocenters. The third-order valence-electron chi connectivity index (χ3n) is 3.33. The highest BCUT2D eigenvalue weighted by atomic mass is 127. The van der Waals surface area contributed by atoms with Crippen LogP contribution in [0.5, 0.6) is 0 Å². The van der Waals surface area contributed by atoms with Crippen LogP contribution in [0.1, 0.15) is 64.8 Å². The van der Waals surface area contributed by atoms with Crippen LogP contribution in [0.4, 0.5) is 0 Å². The molecule has 0 fully saturated rings. The number of hydrogen-bond acceptors (Lipinski definition) is 3. The number of aliphatic imine (C=N–C) groups is 1. The number of unbranched alkanes of at least 4 members (excludes halogenated alkanes) is 2. The number of guanidine groups is 1. The Morgan fingerprint density at radius 1 is 1.32 bits per heavy atom. The Morgan fingerprint density at radius 3 is 2.68 bits per heavy atom. The van der Waals surface area contributed by atoms with Crippen LogP contribution in [0.3, 0.4) is 0 Å². The molecule has 0 aliphatic rings. The van der Waals surface area contributed by atoms with Crippen LogP contribution in [0.25, 0.3) is 0 Å². The molecule has 5 nitrogen and oxygen atoms in total. The van der Waals surface area contributed by atoms with Crippen molar-refractivity contribution in [1.82, 2.24) is 15.8 Å². The Labute approximate surface area is 151 Å². The maximum Gasteiger partial charge on any atom is 0.191 e. The second-order valence-electron chi connectivity index (χ2n) is 5.37. The van der Waals surface area contributed by atoms with E-state index in [-0.39, 0.29) is 24.0 Å². The molecule has 0 bridgehead atoms. The van der Waals surface area contributed by atoms with E-state index in [0.29, 0.717) is 12.6 Å². The largest absolute Gasteiger partial charge is 0.359 e. The zero-order chi connectivity index (χ0) is 15.5. The minimum absolute atomic E-state index is 0. The minimum atomic E-state index is 0. The molecule has 0 saturated heterocycles. The van der Waals surface area contributed by atoms with Gasteiger partial charge in [-0.25, -0.2) is 4.99 Å². The van der Waals surface area contributed by atoms with E-state index in [1.807, 2.05) is 6.07 Å². The maximum atomic E-state index is 5.26. The standard InChI is InChI=1S/C16H30N4O.HI/c1-5-8-9-10-13(4)19-16(17-7-3)18-12-15-11-14(6-2)20-21-15;/h11,13H,5-10,12H2,1-4H3,(H2,17,18,19);1H. The van der Waals surface area contributed by atoms with E-state index in [4.69, 9.17) is 4.52 Å². The van der Waals surface area contributed by atoms with Crippen molar-refractivity contribution in [3.63, 3.8) is 0 Å². The van der Waals surface area contributed by atoms with Crippen molar-refractivity contribution in [2.24, 2.45) is 4.99 Å². The van der Waals surface area contributed by atoms with Crippen LogP contribution in [0.2, 0.25) is 0 Å². The SMILES string of the molecule is CCCCCC(C)NC(=NCc1cc(CC)no1)NCC.I. The molecule has 6 heteroatoms. The first kappa shape index (κ1) is 21.2. The highest BCUT2D eigenvalue weighted by Gasteiger charge is 2.06. The van der Waals surface area contributed by atoms with Crippen molar-refractivity contribution in [3.8, 4) is 0 Å². The van der Waals surface area contributed by atoms with E-state index in [1.165, 1.54) is 25.7 Å². The Hall–Kier alpha value is -0.790. The van der Waals surface area contributed by atoms with Gasteiger partial charge in [-0.05, 0) is 26.7 Å². The van der Waals surface area contributed by atoms with Crippen LogP contribution in [0.15, 0.2) is 15.6 Å². The number of nitrogens with zero attached hydrogens (tertiary/aromatic N) is 2. The quantitative estimate of drug-likeness (QED) is 0.275. The highest BCUT2D eigenvalue weighted by molar-refractivity contribution is 14.0. The summed E-state index contributed by atoms with van der Waals surface area (Å²) in [7, 11) is 0. The summed E-state index contributed by atoms with van der Waals surface area (Å²) in [5.74, 6) is 1.65. The van der Waals surface area contributed by atoms with Gasteiger partial charge >= 0.3 is 0 Å². The molecule has 0 radical (unpaired) electrons. The van der Waals surface area contributed by atoms with Gasteiger partial charge in [0, 0.05) is 18.7 Å². The highest BCUT2D eigenvalue weighted by Crippen LogP contribution is 2.06. The van der Waals surface area contributed by atoms with Gasteiger partial charge in [0.15, 0.2) is 11.7 Å². The van der Waals surface area contributed by atoms with Gasteiger partial charge in [0.1, 0.15) is 6.54 Å². The number of nitrogens with one attached hydrogen (secondary N) is 2. The second-order valence-corrected chi connectivity index (χ2v) is 5.37. The van der Waals surface area contributed by atoms with Gasteiger partial charge in [-0.15, -0.1) is 24.0 Å². The van der Waals surface area contributed by atoms with Crippen molar-refractivity contribution in [1.29, 1.82) is 0 Å². The molecule has 1 aromatic rings. The molecule has 1 rings (SSSR count). The third kappa shape index (κ3) is 8.60. The predicted molar refractivity (Wildman–Crippen MR) is 103 cm³/mol. The predicted octanol–water partition coefficient (Wildman–Crippen LogP) is 3.88. The second kappa shape index (κ2) is 12.7. The lowest BCUT2D eigenvalue weighted by Crippen LogP contribution is -2.42. The number of aryl methyl sites for hydroxylation is 1. The van der Waals surface area contributed by atoms with E-state index in [2.05, 4.69) is 48.5 Å². The number of halogens is 1. The molecule has 22 heavy (non-hydrogen) atoms. The molecule has 128 valence electrons. The lowest BCUT2D eigenvalue weighted by atomic mass is 10.1. The molecule has 0 aromatic carbocycles. The number of rotatable bonds is 9. The monoisotopic (exact) mass is 422 g/mol. The first-order valence-corrected chi connectivity index (χ1v) is 8.18. The van der Waals surface area contributed by atoms with Crippen LogP contribution in [-0.4, -0.2) is 23.7 Å². The van der Waals surface area contributed by atoms with Crippen LogP contribution in [0, 0.1) is 0 Å². The molecule has 0 amide bonds. The lowest BCUT2D eigenvalue weighted by molar-refractivity contribution is 0.379. The van der Waals surface area contributed by atoms with Gasteiger partial charge in [-0.3, -0.25) is 0 Å². The molecule has 2 N–H and O–H groups in total. The Balaban J connectivity index is 0.00000441. The summed E-state index contributed by atoms with van der Waals surface area (Å²) < 4.78 is 5.26. The fourth-order valence-corrected chi connectivity index (χ4v) is 2.08. The molecule has 0 saturated carbocycles. The third-order valence-corrected chi connectivity index (χ3v) is 3.33. The van der Waals surface area contributed by atoms with E-state index in [9.17, 15) is 0 Å². The van der Waals surface area contributed by atoms with E-state index >= 15 is 0 Å². The van der Waals surface area contributed by atoms with Crippen molar-refractivity contribution in [2.45, 2.75) is 72.4 Å². The number of hydrogen-bond donors (Lipinski definition) is 2. The Kier molecular flexibility index (Phi) is 12.3. The summed E-state index contributed by atoms with van der Waals surface area (Å²) in [5.41, 5.74) is 0.978. The average molecular weight is 422 g/mol. The molecule has 0 aliphatic heterocycles. The van der Waals surface area contributed by atoms with Crippen molar-refractivity contribution < 1.29 is 4.52 Å². The van der Waals surface area contributed by atoms with Crippen LogP contribution < -0.4 is 10.6 Å². The van der Waals surface area contributed by atoms with E-state index < -0.39 is 0 Å². The average Bonchev–Trinajstić information content (AvgIpc) is 2.93. The fraction of sp³-hybridized carbons (Fsp3) is 0.750. The smallest absolute Gasteiger partial charge is 0.191 e. The normalized spacial score (nSPS) is 12.6. The Morgan fingerprint density at radius 2 is 2.09 bits per heavy atom. The van der Waals surface area contributed by atoms with Gasteiger partial charge in [-0.1, -0.05) is 38.3 Å². The van der Waals surface area contributed by atoms with Gasteiger partial charge < -0.3 is 15.2 Å². The van der Waals surface area contributed by atoms with Crippen molar-refractivity contribution >= 4 is 29.9 Å². The molecule has 0 aliphatic carbocycles. The van der Waals surface area contributed by atoms with Gasteiger partial charge in [0.2, 0.25) is 0 Å². The molecule has 1 aromatic heterocycles. The molecule has 1 heterocycles. The zero-order valence-electron chi connectivity index (χ0n) is 14.3. The zero-order valence-corrected chi connectivity index (χ0v) is 16.6. The van der Waals surface area contributed by atoms with Gasteiger partial charge in [0.25, 0.3) is 0 Å². The topological polar surface area (TPSA) is 62.5 Å². The lowest BCUT2D eigenvalue weighted by Gasteiger charge is -2.17. The summed E-state index contributed by atoms with van der Waals surface area (Å²) in [6.45, 7) is 9.93. The van der Waals surface area contributed by atoms with Crippen LogP contribution in [-0.2, 0) is 13.0 Å². The molecular weight excluding hydrogens is 391 g/mol. The van der Waals surface area contributed by atoms with Crippen molar-refractivity contribution in [2.75, 3.05) is 6.54 Å².